The summed E-state index contributed by atoms with van der Waals surface area (Å²) in [4.78, 5) is 20.5. The van der Waals surface area contributed by atoms with Gasteiger partial charge in [-0.2, -0.15) is 5.26 Å². The van der Waals surface area contributed by atoms with E-state index in [9.17, 15) is 4.79 Å². The van der Waals surface area contributed by atoms with Gasteiger partial charge in [-0.15, -0.1) is 0 Å². The molecule has 110 valence electrons. The summed E-state index contributed by atoms with van der Waals surface area (Å²) in [6.45, 7) is 0. The van der Waals surface area contributed by atoms with Crippen LogP contribution in [0.3, 0.4) is 0 Å². The van der Waals surface area contributed by atoms with Crippen LogP contribution in [0.5, 0.6) is 0 Å². The lowest BCUT2D eigenvalue weighted by atomic mass is 10.1. The van der Waals surface area contributed by atoms with E-state index in [0.29, 0.717) is 16.8 Å². The van der Waals surface area contributed by atoms with Gasteiger partial charge in [0.1, 0.15) is 0 Å². The van der Waals surface area contributed by atoms with E-state index in [2.05, 4.69) is 15.3 Å². The van der Waals surface area contributed by atoms with Gasteiger partial charge in [-0.05, 0) is 42.5 Å². The Morgan fingerprint density at radius 3 is 2.61 bits per heavy atom. The monoisotopic (exact) mass is 300 g/mol. The number of nitrogens with one attached hydrogen (secondary N) is 1. The molecule has 3 rings (SSSR count). The minimum atomic E-state index is -0.277. The summed E-state index contributed by atoms with van der Waals surface area (Å²) in [6, 6.07) is 15.9. The van der Waals surface area contributed by atoms with Crippen molar-refractivity contribution in [1.82, 2.24) is 9.97 Å². The minimum Gasteiger partial charge on any atom is -0.321 e. The first kappa shape index (κ1) is 14.4. The highest BCUT2D eigenvalue weighted by molar-refractivity contribution is 6.04. The third kappa shape index (κ3) is 3.39. The van der Waals surface area contributed by atoms with Crippen LogP contribution in [0, 0.1) is 11.3 Å². The van der Waals surface area contributed by atoms with Crippen molar-refractivity contribution in [2.45, 2.75) is 0 Å². The smallest absolute Gasteiger partial charge is 0.255 e. The van der Waals surface area contributed by atoms with E-state index in [1.165, 1.54) is 0 Å². The lowest BCUT2D eigenvalue weighted by Gasteiger charge is -2.06. The van der Waals surface area contributed by atoms with Crippen LogP contribution in [0.1, 0.15) is 15.9 Å². The molecule has 5 nitrogen and oxygen atoms in total. The number of aromatic nitrogens is 2. The minimum absolute atomic E-state index is 0.277. The van der Waals surface area contributed by atoms with E-state index >= 15 is 0 Å². The Morgan fingerprint density at radius 2 is 1.91 bits per heavy atom. The van der Waals surface area contributed by atoms with Gasteiger partial charge in [0.15, 0.2) is 0 Å². The average Bonchev–Trinajstić information content (AvgIpc) is 2.63. The number of benzene rings is 1. The highest BCUT2D eigenvalue weighted by Crippen LogP contribution is 2.18. The number of carbonyl (C=O) groups excluding carboxylic acids is 1. The van der Waals surface area contributed by atoms with Crippen molar-refractivity contribution in [3.05, 3.63) is 78.2 Å². The number of pyridine rings is 2. The molecule has 2 aromatic heterocycles. The van der Waals surface area contributed by atoms with Gasteiger partial charge in [0.2, 0.25) is 0 Å². The molecule has 0 bridgehead atoms. The van der Waals surface area contributed by atoms with Crippen molar-refractivity contribution < 1.29 is 4.79 Å². The van der Waals surface area contributed by atoms with Crippen LogP contribution in [0.15, 0.2) is 67.1 Å². The Labute approximate surface area is 133 Å². The largest absolute Gasteiger partial charge is 0.321 e. The topological polar surface area (TPSA) is 78.7 Å². The Kier molecular flexibility index (Phi) is 4.07. The molecular weight excluding hydrogens is 288 g/mol. The van der Waals surface area contributed by atoms with E-state index in [1.807, 2.05) is 24.3 Å². The molecule has 3 aromatic rings. The molecule has 5 heteroatoms. The Balaban J connectivity index is 1.76. The SMILES string of the molecule is N#Cc1cccc(C(=O)Nc2ccc(-c3ccncc3)nc2)c1. The summed E-state index contributed by atoms with van der Waals surface area (Å²) in [5.74, 6) is -0.277. The second-order valence-corrected chi connectivity index (χ2v) is 4.81. The van der Waals surface area contributed by atoms with Crippen molar-refractivity contribution in [2.24, 2.45) is 0 Å². The summed E-state index contributed by atoms with van der Waals surface area (Å²) in [6.07, 6.45) is 5.01. The molecule has 23 heavy (non-hydrogen) atoms. The van der Waals surface area contributed by atoms with E-state index in [0.717, 1.165) is 11.3 Å². The predicted octanol–water partition coefficient (Wildman–Crippen LogP) is 3.27. The third-order valence-electron chi connectivity index (χ3n) is 3.25. The molecule has 0 spiro atoms. The van der Waals surface area contributed by atoms with Crippen LogP contribution in [0.4, 0.5) is 5.69 Å². The average molecular weight is 300 g/mol. The van der Waals surface area contributed by atoms with Gasteiger partial charge in [0, 0.05) is 23.5 Å². The summed E-state index contributed by atoms with van der Waals surface area (Å²) >= 11 is 0. The molecule has 0 aliphatic rings. The zero-order valence-corrected chi connectivity index (χ0v) is 12.1. The van der Waals surface area contributed by atoms with Crippen LogP contribution in [-0.2, 0) is 0 Å². The fraction of sp³-hybridized carbons (Fsp3) is 0. The van der Waals surface area contributed by atoms with Crippen molar-refractivity contribution in [3.8, 4) is 17.3 Å². The van der Waals surface area contributed by atoms with Gasteiger partial charge in [0.05, 0.1) is 29.2 Å². The number of carbonyl (C=O) groups is 1. The Bertz CT molecular complexity index is 868. The molecule has 0 fully saturated rings. The van der Waals surface area contributed by atoms with Crippen LogP contribution < -0.4 is 5.32 Å². The summed E-state index contributed by atoms with van der Waals surface area (Å²) < 4.78 is 0. The third-order valence-corrected chi connectivity index (χ3v) is 3.25. The van der Waals surface area contributed by atoms with Gasteiger partial charge in [-0.1, -0.05) is 6.07 Å². The molecule has 1 N–H and O–H groups in total. The highest BCUT2D eigenvalue weighted by Gasteiger charge is 2.07. The van der Waals surface area contributed by atoms with Gasteiger partial charge >= 0.3 is 0 Å². The molecule has 1 aromatic carbocycles. The molecule has 0 atom stereocenters. The van der Waals surface area contributed by atoms with Gasteiger partial charge in [-0.3, -0.25) is 14.8 Å². The van der Waals surface area contributed by atoms with Gasteiger partial charge in [-0.25, -0.2) is 0 Å². The van der Waals surface area contributed by atoms with Crippen molar-refractivity contribution >= 4 is 11.6 Å². The number of anilines is 1. The number of hydrogen-bond donors (Lipinski definition) is 1. The Morgan fingerprint density at radius 1 is 1.09 bits per heavy atom. The first-order chi connectivity index (χ1) is 11.3. The van der Waals surface area contributed by atoms with Crippen LogP contribution >= 0.6 is 0 Å². The standard InChI is InChI=1S/C18H12N4O/c19-11-13-2-1-3-15(10-13)18(23)22-16-4-5-17(21-12-16)14-6-8-20-9-7-14/h1-10,12H,(H,22,23). The van der Waals surface area contributed by atoms with Crippen LogP contribution in [-0.4, -0.2) is 15.9 Å². The summed E-state index contributed by atoms with van der Waals surface area (Å²) in [5.41, 5.74) is 3.23. The molecule has 0 saturated heterocycles. The number of rotatable bonds is 3. The quantitative estimate of drug-likeness (QED) is 0.805. The fourth-order valence-electron chi connectivity index (χ4n) is 2.09. The second kappa shape index (κ2) is 6.50. The van der Waals surface area contributed by atoms with Crippen LogP contribution in [0.25, 0.3) is 11.3 Å². The normalized spacial score (nSPS) is 9.87. The lowest BCUT2D eigenvalue weighted by Crippen LogP contribution is -2.12. The zero-order chi connectivity index (χ0) is 16.1. The number of hydrogen-bond acceptors (Lipinski definition) is 4. The van der Waals surface area contributed by atoms with E-state index in [4.69, 9.17) is 5.26 Å². The zero-order valence-electron chi connectivity index (χ0n) is 12.1. The first-order valence-corrected chi connectivity index (χ1v) is 6.94. The molecular formula is C18H12N4O. The summed E-state index contributed by atoms with van der Waals surface area (Å²) in [5, 5.41) is 11.6. The van der Waals surface area contributed by atoms with Gasteiger partial charge in [0.25, 0.3) is 5.91 Å². The van der Waals surface area contributed by atoms with Crippen molar-refractivity contribution in [1.29, 1.82) is 5.26 Å². The molecule has 1 amide bonds. The fourth-order valence-corrected chi connectivity index (χ4v) is 2.09. The maximum Gasteiger partial charge on any atom is 0.255 e. The number of nitrogens with zero attached hydrogens (tertiary/aromatic N) is 3. The van der Waals surface area contributed by atoms with Crippen molar-refractivity contribution in [3.63, 3.8) is 0 Å². The second-order valence-electron chi connectivity index (χ2n) is 4.81. The highest BCUT2D eigenvalue weighted by atomic mass is 16.1. The molecule has 0 aliphatic carbocycles. The predicted molar refractivity (Wildman–Crippen MR) is 86.6 cm³/mol. The number of nitriles is 1. The van der Waals surface area contributed by atoms with E-state index < -0.39 is 0 Å². The first-order valence-electron chi connectivity index (χ1n) is 6.94. The maximum atomic E-state index is 12.2. The van der Waals surface area contributed by atoms with Crippen LogP contribution in [0.2, 0.25) is 0 Å². The molecule has 0 unspecified atom stereocenters. The van der Waals surface area contributed by atoms with Gasteiger partial charge < -0.3 is 5.32 Å². The molecule has 0 aliphatic heterocycles. The van der Waals surface area contributed by atoms with Crippen molar-refractivity contribution in [2.75, 3.05) is 5.32 Å². The number of amides is 1. The van der Waals surface area contributed by atoms with E-state index in [1.54, 1.807) is 48.9 Å². The maximum absolute atomic E-state index is 12.2. The van der Waals surface area contributed by atoms with E-state index in [-0.39, 0.29) is 5.91 Å². The molecule has 0 radical (unpaired) electrons. The lowest BCUT2D eigenvalue weighted by molar-refractivity contribution is 0.102. The summed E-state index contributed by atoms with van der Waals surface area (Å²) in [7, 11) is 0. The molecule has 2 heterocycles. The molecule has 0 saturated carbocycles. The Hall–Kier alpha value is -3.52.